The van der Waals surface area contributed by atoms with Crippen molar-refractivity contribution in [3.8, 4) is 0 Å². The zero-order chi connectivity index (χ0) is 20.5. The molecule has 0 bridgehead atoms. The molecule has 0 aliphatic rings. The summed E-state index contributed by atoms with van der Waals surface area (Å²) in [6.07, 6.45) is -3.02. The smallest absolute Gasteiger partial charge is 0.312 e. The van der Waals surface area contributed by atoms with E-state index >= 15 is 0 Å². The predicted molar refractivity (Wildman–Crippen MR) is 98.0 cm³/mol. The third kappa shape index (κ3) is 3.86. The Morgan fingerprint density at radius 3 is 2.68 bits per heavy atom. The number of hydrogen-bond donors (Lipinski definition) is 0. The van der Waals surface area contributed by atoms with E-state index in [-0.39, 0.29) is 22.6 Å². The molecule has 6 nitrogen and oxygen atoms in total. The van der Waals surface area contributed by atoms with Crippen LogP contribution >= 0.6 is 11.3 Å². The Bertz CT molecular complexity index is 1160. The van der Waals surface area contributed by atoms with Crippen LogP contribution in [0.15, 0.2) is 60.1 Å². The highest BCUT2D eigenvalue weighted by Gasteiger charge is 2.30. The number of non-ortho nitro benzene ring substituents is 1. The van der Waals surface area contributed by atoms with Gasteiger partial charge in [-0.2, -0.15) is 18.2 Å². The first-order valence-electron chi connectivity index (χ1n) is 7.85. The molecule has 0 N–H and O–H groups in total. The summed E-state index contributed by atoms with van der Waals surface area (Å²) in [5.74, 6) is -0.843. The van der Waals surface area contributed by atoms with E-state index in [2.05, 4.69) is 11.6 Å². The second-order valence-electron chi connectivity index (χ2n) is 5.69. The van der Waals surface area contributed by atoms with Crippen molar-refractivity contribution in [3.63, 3.8) is 0 Å². The standard InChI is InChI=1S/C18H12F3N3O3S/c1-2-8-23-14-7-6-13(24(26)27)10-15(14)28-17(23)22-16(25)11-4-3-5-12(9-11)18(19,20)21/h2-7,9-10H,1,8H2. The molecule has 1 heterocycles. The largest absolute Gasteiger partial charge is 0.416 e. The topological polar surface area (TPSA) is 77.5 Å². The number of aromatic nitrogens is 1. The number of rotatable bonds is 4. The molecule has 0 unspecified atom stereocenters. The first-order chi connectivity index (χ1) is 13.2. The Kier molecular flexibility index (Phi) is 5.14. The number of allylic oxidation sites excluding steroid dienone is 1. The summed E-state index contributed by atoms with van der Waals surface area (Å²) in [5, 5.41) is 11.0. The highest BCUT2D eigenvalue weighted by atomic mass is 32.1. The molecule has 10 heteroatoms. The number of halogens is 3. The number of nitro groups is 1. The lowest BCUT2D eigenvalue weighted by atomic mass is 10.1. The molecule has 3 rings (SSSR count). The van der Waals surface area contributed by atoms with Gasteiger partial charge in [-0.1, -0.05) is 23.5 Å². The highest BCUT2D eigenvalue weighted by molar-refractivity contribution is 7.16. The Balaban J connectivity index is 2.12. The van der Waals surface area contributed by atoms with Gasteiger partial charge < -0.3 is 4.57 Å². The number of alkyl halides is 3. The first-order valence-corrected chi connectivity index (χ1v) is 8.67. The molecule has 0 aliphatic carbocycles. The summed E-state index contributed by atoms with van der Waals surface area (Å²) in [7, 11) is 0. The number of nitrogens with zero attached hydrogens (tertiary/aromatic N) is 3. The molecule has 0 aliphatic heterocycles. The fraction of sp³-hybridized carbons (Fsp3) is 0.111. The number of thiazole rings is 1. The van der Waals surface area contributed by atoms with Gasteiger partial charge in [0.1, 0.15) is 0 Å². The van der Waals surface area contributed by atoms with Crippen LogP contribution < -0.4 is 4.80 Å². The molecular formula is C18H12F3N3O3S. The molecule has 0 saturated carbocycles. The van der Waals surface area contributed by atoms with Gasteiger partial charge in [0, 0.05) is 24.2 Å². The van der Waals surface area contributed by atoms with Crippen LogP contribution in [0.1, 0.15) is 15.9 Å². The number of fused-ring (bicyclic) bond motifs is 1. The van der Waals surface area contributed by atoms with Crippen LogP contribution in [0.2, 0.25) is 0 Å². The number of nitro benzene ring substituents is 1. The molecule has 0 radical (unpaired) electrons. The zero-order valence-corrected chi connectivity index (χ0v) is 15.0. The fourth-order valence-corrected chi connectivity index (χ4v) is 3.62. The number of benzene rings is 2. The van der Waals surface area contributed by atoms with Crippen LogP contribution in [0, 0.1) is 10.1 Å². The Labute approximate surface area is 160 Å². The fourth-order valence-electron chi connectivity index (χ4n) is 2.55. The van der Waals surface area contributed by atoms with Crippen LogP contribution in [0.4, 0.5) is 18.9 Å². The van der Waals surface area contributed by atoms with Gasteiger partial charge in [0.05, 0.1) is 20.7 Å². The maximum atomic E-state index is 12.9. The van der Waals surface area contributed by atoms with Gasteiger partial charge in [0.2, 0.25) is 0 Å². The molecule has 0 spiro atoms. The minimum absolute atomic E-state index is 0.116. The van der Waals surface area contributed by atoms with Crippen molar-refractivity contribution in [2.24, 2.45) is 4.99 Å². The number of hydrogen-bond acceptors (Lipinski definition) is 4. The Morgan fingerprint density at radius 1 is 1.29 bits per heavy atom. The summed E-state index contributed by atoms with van der Waals surface area (Å²) in [6.45, 7) is 3.90. The Hall–Kier alpha value is -3.27. The van der Waals surface area contributed by atoms with Crippen molar-refractivity contribution in [1.29, 1.82) is 0 Å². The van der Waals surface area contributed by atoms with E-state index in [4.69, 9.17) is 0 Å². The molecule has 0 atom stereocenters. The molecule has 144 valence electrons. The van der Waals surface area contributed by atoms with Crippen molar-refractivity contribution in [2.45, 2.75) is 12.7 Å². The maximum absolute atomic E-state index is 12.9. The molecular weight excluding hydrogens is 395 g/mol. The molecule has 28 heavy (non-hydrogen) atoms. The lowest BCUT2D eigenvalue weighted by Gasteiger charge is -2.06. The lowest BCUT2D eigenvalue weighted by molar-refractivity contribution is -0.384. The van der Waals surface area contributed by atoms with Gasteiger partial charge in [-0.3, -0.25) is 14.9 Å². The molecule has 2 aromatic carbocycles. The van der Waals surface area contributed by atoms with Gasteiger partial charge in [0.25, 0.3) is 11.6 Å². The average molecular weight is 407 g/mol. The predicted octanol–water partition coefficient (Wildman–Crippen LogP) is 4.56. The quantitative estimate of drug-likeness (QED) is 0.361. The van der Waals surface area contributed by atoms with Crippen molar-refractivity contribution in [1.82, 2.24) is 4.57 Å². The first kappa shape index (κ1) is 19.5. The van der Waals surface area contributed by atoms with Crippen molar-refractivity contribution in [3.05, 3.63) is 81.2 Å². The van der Waals surface area contributed by atoms with Gasteiger partial charge in [-0.05, 0) is 24.3 Å². The normalized spacial score (nSPS) is 12.3. The van der Waals surface area contributed by atoms with Crippen LogP contribution in [-0.4, -0.2) is 15.4 Å². The van der Waals surface area contributed by atoms with E-state index in [0.29, 0.717) is 10.2 Å². The molecule has 1 amide bonds. The SMILES string of the molecule is C=CCn1c(=NC(=O)c2cccc(C(F)(F)F)c2)sc2cc([N+](=O)[O-])ccc21. The Morgan fingerprint density at radius 2 is 2.04 bits per heavy atom. The summed E-state index contributed by atoms with van der Waals surface area (Å²) < 4.78 is 40.7. The van der Waals surface area contributed by atoms with Crippen molar-refractivity contribution < 1.29 is 22.9 Å². The van der Waals surface area contributed by atoms with E-state index in [1.54, 1.807) is 10.6 Å². The maximum Gasteiger partial charge on any atom is 0.416 e. The van der Waals surface area contributed by atoms with Crippen molar-refractivity contribution in [2.75, 3.05) is 0 Å². The monoisotopic (exact) mass is 407 g/mol. The second-order valence-corrected chi connectivity index (χ2v) is 6.70. The third-order valence-electron chi connectivity index (χ3n) is 3.82. The van der Waals surface area contributed by atoms with Gasteiger partial charge in [-0.25, -0.2) is 0 Å². The molecule has 0 saturated heterocycles. The number of carbonyl (C=O) groups is 1. The van der Waals surface area contributed by atoms with E-state index in [9.17, 15) is 28.1 Å². The third-order valence-corrected chi connectivity index (χ3v) is 4.86. The minimum atomic E-state index is -4.57. The van der Waals surface area contributed by atoms with Gasteiger partial charge in [-0.15, -0.1) is 6.58 Å². The van der Waals surface area contributed by atoms with E-state index in [1.165, 1.54) is 24.3 Å². The average Bonchev–Trinajstić information content (AvgIpc) is 2.98. The van der Waals surface area contributed by atoms with E-state index < -0.39 is 22.6 Å². The summed E-state index contributed by atoms with van der Waals surface area (Å²) in [4.78, 5) is 27.0. The minimum Gasteiger partial charge on any atom is -0.312 e. The van der Waals surface area contributed by atoms with Crippen LogP contribution in [0.25, 0.3) is 10.2 Å². The lowest BCUT2D eigenvalue weighted by Crippen LogP contribution is -2.16. The van der Waals surface area contributed by atoms with Crippen LogP contribution in [-0.2, 0) is 12.7 Å². The van der Waals surface area contributed by atoms with Gasteiger partial charge in [0.15, 0.2) is 4.80 Å². The van der Waals surface area contributed by atoms with E-state index in [1.807, 2.05) is 0 Å². The number of carbonyl (C=O) groups excluding carboxylic acids is 1. The highest BCUT2D eigenvalue weighted by Crippen LogP contribution is 2.29. The molecule has 0 fully saturated rings. The van der Waals surface area contributed by atoms with Crippen LogP contribution in [0.3, 0.4) is 0 Å². The van der Waals surface area contributed by atoms with Gasteiger partial charge >= 0.3 is 6.18 Å². The second kappa shape index (κ2) is 7.39. The zero-order valence-electron chi connectivity index (χ0n) is 14.1. The van der Waals surface area contributed by atoms with Crippen molar-refractivity contribution >= 4 is 33.1 Å². The number of amides is 1. The summed E-state index contributed by atoms with van der Waals surface area (Å²) in [6, 6.07) is 8.20. The van der Waals surface area contributed by atoms with E-state index in [0.717, 1.165) is 29.5 Å². The molecule has 1 aromatic heterocycles. The summed E-state index contributed by atoms with van der Waals surface area (Å²) >= 11 is 1.03. The molecule has 3 aromatic rings. The summed E-state index contributed by atoms with van der Waals surface area (Å²) in [5.41, 5.74) is -0.663. The van der Waals surface area contributed by atoms with Crippen LogP contribution in [0.5, 0.6) is 0 Å².